The first-order valence-corrected chi connectivity index (χ1v) is 6.59. The fraction of sp³-hybridized carbons (Fsp3) is 0.923. The van der Waals surface area contributed by atoms with Gasteiger partial charge < -0.3 is 10.1 Å². The summed E-state index contributed by atoms with van der Waals surface area (Å²) in [6.07, 6.45) is 6.95. The van der Waals surface area contributed by atoms with Gasteiger partial charge in [-0.1, -0.05) is 0 Å². The molecule has 0 spiro atoms. The lowest BCUT2D eigenvalue weighted by Gasteiger charge is -2.29. The second-order valence-corrected chi connectivity index (χ2v) is 5.14. The molecule has 3 heteroatoms. The van der Waals surface area contributed by atoms with E-state index in [4.69, 9.17) is 10.00 Å². The second kappa shape index (κ2) is 6.22. The van der Waals surface area contributed by atoms with Crippen molar-refractivity contribution in [1.29, 1.82) is 5.26 Å². The Balaban J connectivity index is 1.61. The summed E-state index contributed by atoms with van der Waals surface area (Å²) in [5.74, 6) is 1.13. The number of nitriles is 1. The molecule has 0 aromatic carbocycles. The number of hydrogen-bond donors (Lipinski definition) is 1. The van der Waals surface area contributed by atoms with Crippen LogP contribution in [0, 0.1) is 23.2 Å². The third-order valence-electron chi connectivity index (χ3n) is 3.95. The summed E-state index contributed by atoms with van der Waals surface area (Å²) in [4.78, 5) is 0. The van der Waals surface area contributed by atoms with E-state index in [0.29, 0.717) is 12.0 Å². The summed E-state index contributed by atoms with van der Waals surface area (Å²) in [5.41, 5.74) is 0. The molecule has 0 aromatic heterocycles. The van der Waals surface area contributed by atoms with Crippen molar-refractivity contribution in [3.63, 3.8) is 0 Å². The molecule has 90 valence electrons. The minimum absolute atomic E-state index is 0.320. The van der Waals surface area contributed by atoms with Crippen LogP contribution in [0.5, 0.6) is 0 Å². The molecule has 0 aromatic rings. The van der Waals surface area contributed by atoms with Gasteiger partial charge in [0.25, 0.3) is 0 Å². The highest BCUT2D eigenvalue weighted by Gasteiger charge is 2.21. The van der Waals surface area contributed by atoms with Crippen LogP contribution >= 0.6 is 0 Å². The van der Waals surface area contributed by atoms with Crippen LogP contribution in [0.3, 0.4) is 0 Å². The molecule has 1 aliphatic heterocycles. The molecule has 1 saturated heterocycles. The number of nitrogens with zero attached hydrogens (tertiary/aromatic N) is 1. The molecular formula is C13H22N2O. The van der Waals surface area contributed by atoms with Crippen LogP contribution in [0.4, 0.5) is 0 Å². The van der Waals surface area contributed by atoms with E-state index in [1.54, 1.807) is 0 Å². The lowest BCUT2D eigenvalue weighted by Crippen LogP contribution is -2.37. The Kier molecular flexibility index (Phi) is 4.62. The maximum absolute atomic E-state index is 8.83. The molecule has 0 amide bonds. The Bertz CT molecular complexity index is 235. The zero-order chi connectivity index (χ0) is 11.2. The quantitative estimate of drug-likeness (QED) is 0.795. The number of rotatable bonds is 3. The van der Waals surface area contributed by atoms with Crippen molar-refractivity contribution in [1.82, 2.24) is 5.32 Å². The predicted molar refractivity (Wildman–Crippen MR) is 62.9 cm³/mol. The van der Waals surface area contributed by atoms with Crippen molar-refractivity contribution >= 4 is 0 Å². The van der Waals surface area contributed by atoms with Gasteiger partial charge in [-0.05, 0) is 51.0 Å². The molecule has 0 atom stereocenters. The first-order chi connectivity index (χ1) is 7.88. The molecule has 1 heterocycles. The van der Waals surface area contributed by atoms with Crippen LogP contribution in [0.1, 0.15) is 38.5 Å². The SMILES string of the molecule is N#CC1CCC(NCC2CCOCC2)CC1. The van der Waals surface area contributed by atoms with Crippen LogP contribution in [0.2, 0.25) is 0 Å². The maximum atomic E-state index is 8.83. The summed E-state index contributed by atoms with van der Waals surface area (Å²) in [6, 6.07) is 3.05. The minimum atomic E-state index is 0.320. The highest BCUT2D eigenvalue weighted by molar-refractivity contribution is 4.89. The van der Waals surface area contributed by atoms with Gasteiger partial charge in [-0.15, -0.1) is 0 Å². The molecule has 2 aliphatic rings. The highest BCUT2D eigenvalue weighted by Crippen LogP contribution is 2.24. The first-order valence-electron chi connectivity index (χ1n) is 6.59. The van der Waals surface area contributed by atoms with E-state index < -0.39 is 0 Å². The van der Waals surface area contributed by atoms with Crippen molar-refractivity contribution in [2.75, 3.05) is 19.8 Å². The Morgan fingerprint density at radius 1 is 1.06 bits per heavy atom. The molecule has 3 nitrogen and oxygen atoms in total. The fourth-order valence-electron chi connectivity index (χ4n) is 2.71. The van der Waals surface area contributed by atoms with Crippen LogP contribution in [0.15, 0.2) is 0 Å². The van der Waals surface area contributed by atoms with Gasteiger partial charge in [-0.3, -0.25) is 0 Å². The lowest BCUT2D eigenvalue weighted by molar-refractivity contribution is 0.0648. The monoisotopic (exact) mass is 222 g/mol. The average Bonchev–Trinajstić information content (AvgIpc) is 2.38. The molecule has 16 heavy (non-hydrogen) atoms. The van der Waals surface area contributed by atoms with Gasteiger partial charge in [0.1, 0.15) is 0 Å². The Morgan fingerprint density at radius 3 is 2.38 bits per heavy atom. The number of nitrogens with one attached hydrogen (secondary N) is 1. The normalized spacial score (nSPS) is 32.2. The predicted octanol–water partition coefficient (Wildman–Crippen LogP) is 2.08. The van der Waals surface area contributed by atoms with E-state index in [-0.39, 0.29) is 0 Å². The third kappa shape index (κ3) is 3.47. The molecule has 2 fully saturated rings. The Labute approximate surface area is 98.2 Å². The highest BCUT2D eigenvalue weighted by atomic mass is 16.5. The molecule has 0 unspecified atom stereocenters. The van der Waals surface area contributed by atoms with Crippen molar-refractivity contribution in [3.05, 3.63) is 0 Å². The summed E-state index contributed by atoms with van der Waals surface area (Å²) in [7, 11) is 0. The van der Waals surface area contributed by atoms with Crippen LogP contribution in [0.25, 0.3) is 0 Å². The fourth-order valence-corrected chi connectivity index (χ4v) is 2.71. The Morgan fingerprint density at radius 2 is 1.75 bits per heavy atom. The van der Waals surface area contributed by atoms with Gasteiger partial charge >= 0.3 is 0 Å². The molecular weight excluding hydrogens is 200 g/mol. The maximum Gasteiger partial charge on any atom is 0.0655 e. The molecule has 1 aliphatic carbocycles. The zero-order valence-corrected chi connectivity index (χ0v) is 9.95. The topological polar surface area (TPSA) is 45.0 Å². The summed E-state index contributed by atoms with van der Waals surface area (Å²) >= 11 is 0. The summed E-state index contributed by atoms with van der Waals surface area (Å²) in [6.45, 7) is 3.02. The van der Waals surface area contributed by atoms with Crippen molar-refractivity contribution in [3.8, 4) is 6.07 Å². The number of hydrogen-bond acceptors (Lipinski definition) is 3. The largest absolute Gasteiger partial charge is 0.381 e. The van der Waals surface area contributed by atoms with Gasteiger partial charge in [-0.25, -0.2) is 0 Å². The molecule has 1 saturated carbocycles. The van der Waals surface area contributed by atoms with Gasteiger partial charge in [0, 0.05) is 25.2 Å². The van der Waals surface area contributed by atoms with E-state index >= 15 is 0 Å². The van der Waals surface area contributed by atoms with E-state index in [1.807, 2.05) is 0 Å². The molecule has 2 rings (SSSR count). The van der Waals surface area contributed by atoms with E-state index in [1.165, 1.54) is 25.7 Å². The second-order valence-electron chi connectivity index (χ2n) is 5.14. The standard InChI is InChI=1S/C13H22N2O/c14-9-11-1-3-13(4-2-11)15-10-12-5-7-16-8-6-12/h11-13,15H,1-8,10H2. The summed E-state index contributed by atoms with van der Waals surface area (Å²) in [5, 5.41) is 12.5. The average molecular weight is 222 g/mol. The number of ether oxygens (including phenoxy) is 1. The molecule has 1 N–H and O–H groups in total. The summed E-state index contributed by atoms with van der Waals surface area (Å²) < 4.78 is 5.36. The van der Waals surface area contributed by atoms with Crippen LogP contribution in [-0.4, -0.2) is 25.8 Å². The Hall–Kier alpha value is -0.590. The van der Waals surface area contributed by atoms with Gasteiger partial charge in [-0.2, -0.15) is 5.26 Å². The van der Waals surface area contributed by atoms with Crippen molar-refractivity contribution in [2.45, 2.75) is 44.6 Å². The van der Waals surface area contributed by atoms with Gasteiger partial charge in [0.15, 0.2) is 0 Å². The van der Waals surface area contributed by atoms with Crippen LogP contribution < -0.4 is 5.32 Å². The van der Waals surface area contributed by atoms with Crippen molar-refractivity contribution < 1.29 is 4.74 Å². The zero-order valence-electron chi connectivity index (χ0n) is 9.95. The minimum Gasteiger partial charge on any atom is -0.381 e. The first kappa shape index (κ1) is 11.9. The molecule has 0 radical (unpaired) electrons. The smallest absolute Gasteiger partial charge is 0.0655 e. The van der Waals surface area contributed by atoms with E-state index in [0.717, 1.165) is 38.5 Å². The molecule has 0 bridgehead atoms. The van der Waals surface area contributed by atoms with Crippen molar-refractivity contribution in [2.24, 2.45) is 11.8 Å². The van der Waals surface area contributed by atoms with E-state index in [9.17, 15) is 0 Å². The van der Waals surface area contributed by atoms with E-state index in [2.05, 4.69) is 11.4 Å². The van der Waals surface area contributed by atoms with Gasteiger partial charge in [0.2, 0.25) is 0 Å². The van der Waals surface area contributed by atoms with Gasteiger partial charge in [0.05, 0.1) is 6.07 Å². The third-order valence-corrected chi connectivity index (χ3v) is 3.95. The lowest BCUT2D eigenvalue weighted by atomic mass is 9.86. The van der Waals surface area contributed by atoms with Crippen LogP contribution in [-0.2, 0) is 4.74 Å².